The number of hydrogen-bond donors (Lipinski definition) is 1. The van der Waals surface area contributed by atoms with E-state index in [1.54, 1.807) is 7.11 Å². The fourth-order valence-corrected chi connectivity index (χ4v) is 4.32. The van der Waals surface area contributed by atoms with E-state index in [-0.39, 0.29) is 21.7 Å². The number of methoxy groups -OCH3 is 1. The van der Waals surface area contributed by atoms with E-state index >= 15 is 0 Å². The van der Waals surface area contributed by atoms with Crippen LogP contribution in [-0.2, 0) is 11.3 Å². The van der Waals surface area contributed by atoms with Crippen molar-refractivity contribution in [1.82, 2.24) is 14.8 Å². The van der Waals surface area contributed by atoms with Gasteiger partial charge in [-0.3, -0.25) is 4.79 Å². The first kappa shape index (κ1) is 21.8. The fourth-order valence-electron chi connectivity index (χ4n) is 2.60. The highest BCUT2D eigenvalue weighted by molar-refractivity contribution is 7.99. The molecule has 0 unspecified atom stereocenters. The Balaban J connectivity index is 1.71. The van der Waals surface area contributed by atoms with Crippen LogP contribution < -0.4 is 10.1 Å². The Hall–Kier alpha value is -1.93. The molecule has 0 aliphatic heterocycles. The van der Waals surface area contributed by atoms with Crippen molar-refractivity contribution < 1.29 is 9.53 Å². The molecule has 3 aromatic rings. The van der Waals surface area contributed by atoms with Crippen LogP contribution in [0.25, 0.3) is 11.4 Å². The Morgan fingerprint density at radius 1 is 1.14 bits per heavy atom. The van der Waals surface area contributed by atoms with Gasteiger partial charge in [0.1, 0.15) is 5.75 Å². The molecule has 0 fully saturated rings. The molecule has 1 amide bonds. The molecule has 1 aromatic heterocycles. The van der Waals surface area contributed by atoms with Crippen LogP contribution in [0.15, 0.2) is 41.6 Å². The summed E-state index contributed by atoms with van der Waals surface area (Å²) in [7, 11) is 1.62. The van der Waals surface area contributed by atoms with Gasteiger partial charge in [-0.15, -0.1) is 10.2 Å². The molecular formula is C19H17Cl3N4O2S. The molecule has 0 spiro atoms. The Morgan fingerprint density at radius 2 is 1.79 bits per heavy atom. The second-order valence-corrected chi connectivity index (χ2v) is 8.05. The Labute approximate surface area is 187 Å². The van der Waals surface area contributed by atoms with Gasteiger partial charge >= 0.3 is 0 Å². The number of anilines is 1. The van der Waals surface area contributed by atoms with Crippen LogP contribution in [0.1, 0.15) is 6.92 Å². The number of aromatic nitrogens is 3. The summed E-state index contributed by atoms with van der Waals surface area (Å²) in [6.07, 6.45) is 0. The average molecular weight is 472 g/mol. The summed E-state index contributed by atoms with van der Waals surface area (Å²) < 4.78 is 7.13. The number of halogens is 3. The number of thioether (sulfide) groups is 1. The molecule has 0 aliphatic carbocycles. The van der Waals surface area contributed by atoms with Gasteiger partial charge in [-0.2, -0.15) is 0 Å². The molecule has 0 saturated heterocycles. The van der Waals surface area contributed by atoms with Crippen molar-refractivity contribution in [2.75, 3.05) is 18.2 Å². The number of carbonyl (C=O) groups excluding carboxylic acids is 1. The van der Waals surface area contributed by atoms with E-state index in [4.69, 9.17) is 39.5 Å². The molecule has 1 N–H and O–H groups in total. The molecule has 1 heterocycles. The molecular weight excluding hydrogens is 455 g/mol. The number of ether oxygens (including phenoxy) is 1. The van der Waals surface area contributed by atoms with Crippen LogP contribution in [-0.4, -0.2) is 33.5 Å². The van der Waals surface area contributed by atoms with Crippen molar-refractivity contribution in [3.63, 3.8) is 0 Å². The average Bonchev–Trinajstić information content (AvgIpc) is 3.12. The molecule has 0 saturated carbocycles. The normalized spacial score (nSPS) is 10.8. The molecule has 152 valence electrons. The SMILES string of the molecule is CCn1c(SCC(=O)Nc2c(Cl)cc(Cl)cc2Cl)nnc1-c1ccc(OC)cc1. The van der Waals surface area contributed by atoms with Crippen molar-refractivity contribution in [2.45, 2.75) is 18.6 Å². The van der Waals surface area contributed by atoms with E-state index in [9.17, 15) is 4.79 Å². The van der Waals surface area contributed by atoms with E-state index in [0.717, 1.165) is 17.1 Å². The Bertz CT molecular complexity index is 1000. The van der Waals surface area contributed by atoms with E-state index in [0.29, 0.717) is 22.4 Å². The minimum atomic E-state index is -0.266. The number of nitrogens with zero attached hydrogens (tertiary/aromatic N) is 3. The van der Waals surface area contributed by atoms with E-state index in [1.165, 1.54) is 23.9 Å². The van der Waals surface area contributed by atoms with Crippen LogP contribution in [0.5, 0.6) is 5.75 Å². The standard InChI is InChI=1S/C19H17Cl3N4O2S/c1-3-26-18(11-4-6-13(28-2)7-5-11)24-25-19(26)29-10-16(27)23-17-14(21)8-12(20)9-15(17)22/h4-9H,3,10H2,1-2H3,(H,23,27). The van der Waals surface area contributed by atoms with Gasteiger partial charge in [0, 0.05) is 17.1 Å². The van der Waals surface area contributed by atoms with Gasteiger partial charge in [-0.05, 0) is 43.3 Å². The van der Waals surface area contributed by atoms with Crippen LogP contribution in [0.4, 0.5) is 5.69 Å². The zero-order valence-electron chi connectivity index (χ0n) is 15.6. The first-order chi connectivity index (χ1) is 13.9. The van der Waals surface area contributed by atoms with Gasteiger partial charge in [0.25, 0.3) is 0 Å². The van der Waals surface area contributed by atoms with Crippen LogP contribution in [0.2, 0.25) is 15.1 Å². The summed E-state index contributed by atoms with van der Waals surface area (Å²) in [6.45, 7) is 2.65. The van der Waals surface area contributed by atoms with Gasteiger partial charge in [-0.1, -0.05) is 46.6 Å². The fraction of sp³-hybridized carbons (Fsp3) is 0.211. The molecule has 29 heavy (non-hydrogen) atoms. The number of rotatable bonds is 7. The van der Waals surface area contributed by atoms with Gasteiger partial charge in [0.2, 0.25) is 5.91 Å². The van der Waals surface area contributed by atoms with E-state index < -0.39 is 0 Å². The molecule has 0 aliphatic rings. The Kier molecular flexibility index (Phi) is 7.29. The van der Waals surface area contributed by atoms with E-state index in [1.807, 2.05) is 35.8 Å². The minimum absolute atomic E-state index is 0.121. The summed E-state index contributed by atoms with van der Waals surface area (Å²) in [5, 5.41) is 12.8. The third-order valence-electron chi connectivity index (χ3n) is 3.98. The van der Waals surface area contributed by atoms with Crippen molar-refractivity contribution >= 4 is 58.2 Å². The first-order valence-electron chi connectivity index (χ1n) is 8.57. The molecule has 3 rings (SSSR count). The highest BCUT2D eigenvalue weighted by atomic mass is 35.5. The third-order valence-corrected chi connectivity index (χ3v) is 5.77. The lowest BCUT2D eigenvalue weighted by Crippen LogP contribution is -2.15. The summed E-state index contributed by atoms with van der Waals surface area (Å²) in [4.78, 5) is 12.4. The third kappa shape index (κ3) is 5.17. The van der Waals surface area contributed by atoms with Crippen molar-refractivity contribution in [2.24, 2.45) is 0 Å². The molecule has 0 atom stereocenters. The zero-order chi connectivity index (χ0) is 21.0. The lowest BCUT2D eigenvalue weighted by atomic mass is 10.2. The second kappa shape index (κ2) is 9.71. The minimum Gasteiger partial charge on any atom is -0.497 e. The maximum atomic E-state index is 12.4. The number of nitrogens with one attached hydrogen (secondary N) is 1. The topological polar surface area (TPSA) is 69.0 Å². The Morgan fingerprint density at radius 3 is 2.38 bits per heavy atom. The number of hydrogen-bond acceptors (Lipinski definition) is 5. The number of carbonyl (C=O) groups is 1. The lowest BCUT2D eigenvalue weighted by Gasteiger charge is -2.10. The van der Waals surface area contributed by atoms with Crippen LogP contribution >= 0.6 is 46.6 Å². The summed E-state index contributed by atoms with van der Waals surface area (Å²) in [6, 6.07) is 10.6. The highest BCUT2D eigenvalue weighted by Gasteiger charge is 2.16. The smallest absolute Gasteiger partial charge is 0.234 e. The van der Waals surface area contributed by atoms with Crippen molar-refractivity contribution in [3.05, 3.63) is 51.5 Å². The maximum Gasteiger partial charge on any atom is 0.234 e. The van der Waals surface area contributed by atoms with Gasteiger partial charge in [0.05, 0.1) is 28.6 Å². The van der Waals surface area contributed by atoms with Gasteiger partial charge in [-0.25, -0.2) is 0 Å². The van der Waals surface area contributed by atoms with Crippen LogP contribution in [0.3, 0.4) is 0 Å². The predicted molar refractivity (Wildman–Crippen MR) is 119 cm³/mol. The van der Waals surface area contributed by atoms with Crippen molar-refractivity contribution in [1.29, 1.82) is 0 Å². The zero-order valence-corrected chi connectivity index (χ0v) is 18.7. The molecule has 0 radical (unpaired) electrons. The molecule has 2 aromatic carbocycles. The predicted octanol–water partition coefficient (Wildman–Crippen LogP) is 5.66. The monoisotopic (exact) mass is 470 g/mol. The summed E-state index contributed by atoms with van der Waals surface area (Å²) in [5.74, 6) is 1.34. The largest absolute Gasteiger partial charge is 0.497 e. The van der Waals surface area contributed by atoms with Gasteiger partial charge < -0.3 is 14.6 Å². The maximum absolute atomic E-state index is 12.4. The highest BCUT2D eigenvalue weighted by Crippen LogP contribution is 2.34. The van der Waals surface area contributed by atoms with E-state index in [2.05, 4.69) is 15.5 Å². The lowest BCUT2D eigenvalue weighted by molar-refractivity contribution is -0.113. The first-order valence-corrected chi connectivity index (χ1v) is 10.7. The summed E-state index contributed by atoms with van der Waals surface area (Å²) in [5.41, 5.74) is 1.25. The molecule has 0 bridgehead atoms. The second-order valence-electron chi connectivity index (χ2n) is 5.86. The molecule has 6 nitrogen and oxygen atoms in total. The van der Waals surface area contributed by atoms with Crippen LogP contribution in [0, 0.1) is 0 Å². The quantitative estimate of drug-likeness (QED) is 0.450. The summed E-state index contributed by atoms with van der Waals surface area (Å²) >= 11 is 19.4. The number of amides is 1. The van der Waals surface area contributed by atoms with Gasteiger partial charge in [0.15, 0.2) is 11.0 Å². The number of benzene rings is 2. The van der Waals surface area contributed by atoms with Crippen molar-refractivity contribution in [3.8, 4) is 17.1 Å². The molecule has 10 heteroatoms.